The summed E-state index contributed by atoms with van der Waals surface area (Å²) in [6.07, 6.45) is 3.52. The van der Waals surface area contributed by atoms with Crippen molar-refractivity contribution >= 4 is 21.6 Å². The van der Waals surface area contributed by atoms with Crippen LogP contribution >= 0.6 is 15.9 Å². The van der Waals surface area contributed by atoms with Gasteiger partial charge in [0.25, 0.3) is 0 Å². The molecule has 1 atom stereocenters. The highest BCUT2D eigenvalue weighted by molar-refractivity contribution is 9.10. The van der Waals surface area contributed by atoms with Gasteiger partial charge < -0.3 is 4.74 Å². The normalized spacial score (nSPS) is 19.9. The second-order valence-electron chi connectivity index (χ2n) is 7.04. The number of likely N-dealkylation sites (tertiary alicyclic amines) is 1. The molecule has 4 heteroatoms. The molecule has 1 saturated heterocycles. The lowest BCUT2D eigenvalue weighted by molar-refractivity contribution is 0.179. The fraction of sp³-hybridized carbons (Fsp3) is 0.409. The van der Waals surface area contributed by atoms with Gasteiger partial charge >= 0.3 is 0 Å². The smallest absolute Gasteiger partial charge is 0.119 e. The first-order valence-corrected chi connectivity index (χ1v) is 10.3. The summed E-state index contributed by atoms with van der Waals surface area (Å²) in [4.78, 5) is 7.31. The van der Waals surface area contributed by atoms with Crippen molar-refractivity contribution in [3.05, 3.63) is 63.6 Å². The zero-order valence-corrected chi connectivity index (χ0v) is 16.8. The maximum absolute atomic E-state index is 6.16. The van der Waals surface area contributed by atoms with Crippen LogP contribution in [-0.4, -0.2) is 42.9 Å². The Labute approximate surface area is 164 Å². The van der Waals surface area contributed by atoms with Crippen molar-refractivity contribution in [2.24, 2.45) is 4.99 Å². The van der Waals surface area contributed by atoms with Crippen LogP contribution < -0.4 is 4.74 Å². The second kappa shape index (κ2) is 7.93. The minimum atomic E-state index is 0.566. The van der Waals surface area contributed by atoms with Crippen molar-refractivity contribution in [3.8, 4) is 5.75 Å². The minimum absolute atomic E-state index is 0.566. The molecule has 2 aromatic rings. The van der Waals surface area contributed by atoms with Crippen LogP contribution in [0.2, 0.25) is 0 Å². The second-order valence-corrected chi connectivity index (χ2v) is 7.96. The molecule has 3 nitrogen and oxygen atoms in total. The maximum atomic E-state index is 6.16. The molecule has 4 rings (SSSR count). The Morgan fingerprint density at radius 3 is 2.85 bits per heavy atom. The number of fused-ring (bicyclic) bond motifs is 1. The molecule has 0 N–H and O–H groups in total. The summed E-state index contributed by atoms with van der Waals surface area (Å²) in [7, 11) is 0. The monoisotopic (exact) mass is 412 g/mol. The first kappa shape index (κ1) is 17.7. The van der Waals surface area contributed by atoms with Crippen molar-refractivity contribution in [1.82, 2.24) is 4.90 Å². The zero-order chi connectivity index (χ0) is 17.9. The third-order valence-corrected chi connectivity index (χ3v) is 5.98. The van der Waals surface area contributed by atoms with Gasteiger partial charge in [0.05, 0.1) is 5.71 Å². The summed E-state index contributed by atoms with van der Waals surface area (Å²) < 4.78 is 7.25. The predicted octanol–water partition coefficient (Wildman–Crippen LogP) is 4.71. The lowest BCUT2D eigenvalue weighted by Crippen LogP contribution is -2.33. The fourth-order valence-electron chi connectivity index (χ4n) is 4.02. The van der Waals surface area contributed by atoms with E-state index in [0.717, 1.165) is 42.1 Å². The average Bonchev–Trinajstić information content (AvgIpc) is 3.14. The molecular weight excluding hydrogens is 388 g/mol. The summed E-state index contributed by atoms with van der Waals surface area (Å²) in [6, 6.07) is 15.5. The van der Waals surface area contributed by atoms with Crippen molar-refractivity contribution in [2.75, 3.05) is 26.2 Å². The largest absolute Gasteiger partial charge is 0.492 e. The minimum Gasteiger partial charge on any atom is -0.492 e. The van der Waals surface area contributed by atoms with E-state index in [0.29, 0.717) is 6.04 Å². The van der Waals surface area contributed by atoms with E-state index >= 15 is 0 Å². The molecule has 1 fully saturated rings. The van der Waals surface area contributed by atoms with Gasteiger partial charge in [0.15, 0.2) is 0 Å². The SMILES string of the molecule is CCN1CCCC1COc1ccc2c(c1)CCN=C2c1ccc(Br)cc1. The molecule has 136 valence electrons. The lowest BCUT2D eigenvalue weighted by Gasteiger charge is -2.23. The van der Waals surface area contributed by atoms with Crippen LogP contribution in [0.1, 0.15) is 36.5 Å². The van der Waals surface area contributed by atoms with Gasteiger partial charge in [-0.25, -0.2) is 0 Å². The van der Waals surface area contributed by atoms with Crippen molar-refractivity contribution in [3.63, 3.8) is 0 Å². The van der Waals surface area contributed by atoms with E-state index in [2.05, 4.69) is 70.2 Å². The van der Waals surface area contributed by atoms with Gasteiger partial charge in [-0.2, -0.15) is 0 Å². The Hall–Kier alpha value is -1.65. The highest BCUT2D eigenvalue weighted by atomic mass is 79.9. The Balaban J connectivity index is 1.50. The molecule has 0 spiro atoms. The van der Waals surface area contributed by atoms with Crippen LogP contribution in [0.4, 0.5) is 0 Å². The third kappa shape index (κ3) is 3.72. The summed E-state index contributed by atoms with van der Waals surface area (Å²) >= 11 is 3.51. The van der Waals surface area contributed by atoms with E-state index in [4.69, 9.17) is 9.73 Å². The summed E-state index contributed by atoms with van der Waals surface area (Å²) in [6.45, 7) is 6.20. The van der Waals surface area contributed by atoms with Crippen LogP contribution in [0.25, 0.3) is 0 Å². The molecule has 0 amide bonds. The highest BCUT2D eigenvalue weighted by Crippen LogP contribution is 2.26. The number of hydrogen-bond acceptors (Lipinski definition) is 3. The topological polar surface area (TPSA) is 24.8 Å². The van der Waals surface area contributed by atoms with Gasteiger partial charge in [-0.15, -0.1) is 0 Å². The Morgan fingerprint density at radius 1 is 1.19 bits per heavy atom. The van der Waals surface area contributed by atoms with E-state index in [-0.39, 0.29) is 0 Å². The van der Waals surface area contributed by atoms with Crippen LogP contribution in [0, 0.1) is 0 Å². The summed E-state index contributed by atoms with van der Waals surface area (Å²) in [5.74, 6) is 0.990. The number of nitrogens with zero attached hydrogens (tertiary/aromatic N) is 2. The number of likely N-dealkylation sites (N-methyl/N-ethyl adjacent to an activating group) is 1. The molecule has 0 aromatic heterocycles. The van der Waals surface area contributed by atoms with E-state index < -0.39 is 0 Å². The standard InChI is InChI=1S/C22H25BrN2O/c1-2-25-13-3-4-19(25)15-26-20-9-10-21-17(14-20)11-12-24-22(21)16-5-7-18(23)8-6-16/h5-10,14,19H,2-4,11-13,15H2,1H3. The van der Waals surface area contributed by atoms with Gasteiger partial charge in [-0.05, 0) is 68.2 Å². The van der Waals surface area contributed by atoms with Crippen molar-refractivity contribution in [1.29, 1.82) is 0 Å². The number of aliphatic imine (C=N–C) groups is 1. The van der Waals surface area contributed by atoms with E-state index in [1.807, 2.05) is 0 Å². The molecule has 26 heavy (non-hydrogen) atoms. The molecule has 0 radical (unpaired) electrons. The van der Waals surface area contributed by atoms with Crippen LogP contribution in [-0.2, 0) is 6.42 Å². The number of hydrogen-bond donors (Lipinski definition) is 0. The van der Waals surface area contributed by atoms with Crippen LogP contribution in [0.3, 0.4) is 0 Å². The zero-order valence-electron chi connectivity index (χ0n) is 15.2. The Kier molecular flexibility index (Phi) is 5.41. The third-order valence-electron chi connectivity index (χ3n) is 5.45. The van der Waals surface area contributed by atoms with Gasteiger partial charge in [0.1, 0.15) is 12.4 Å². The molecular formula is C22H25BrN2O. The molecule has 2 aromatic carbocycles. The van der Waals surface area contributed by atoms with Crippen LogP contribution in [0.5, 0.6) is 5.75 Å². The molecule has 0 saturated carbocycles. The first-order valence-electron chi connectivity index (χ1n) is 9.55. The quantitative estimate of drug-likeness (QED) is 0.710. The molecule has 1 unspecified atom stereocenters. The van der Waals surface area contributed by atoms with Crippen molar-refractivity contribution in [2.45, 2.75) is 32.2 Å². The molecule has 2 heterocycles. The number of benzene rings is 2. The van der Waals surface area contributed by atoms with Gasteiger partial charge in [0.2, 0.25) is 0 Å². The number of rotatable bonds is 5. The average molecular weight is 413 g/mol. The summed E-state index contributed by atoms with van der Waals surface area (Å²) in [5, 5.41) is 0. The Morgan fingerprint density at radius 2 is 2.04 bits per heavy atom. The predicted molar refractivity (Wildman–Crippen MR) is 111 cm³/mol. The van der Waals surface area contributed by atoms with Gasteiger partial charge in [-0.1, -0.05) is 35.0 Å². The van der Waals surface area contributed by atoms with Crippen molar-refractivity contribution < 1.29 is 4.74 Å². The number of ether oxygens (including phenoxy) is 1. The fourth-order valence-corrected chi connectivity index (χ4v) is 4.28. The van der Waals surface area contributed by atoms with Crippen LogP contribution in [0.15, 0.2) is 51.9 Å². The highest BCUT2D eigenvalue weighted by Gasteiger charge is 2.23. The maximum Gasteiger partial charge on any atom is 0.119 e. The van der Waals surface area contributed by atoms with Gasteiger partial charge in [-0.3, -0.25) is 9.89 Å². The summed E-state index contributed by atoms with van der Waals surface area (Å²) in [5.41, 5.74) is 4.85. The van der Waals surface area contributed by atoms with E-state index in [9.17, 15) is 0 Å². The lowest BCUT2D eigenvalue weighted by atomic mass is 9.93. The van der Waals surface area contributed by atoms with E-state index in [1.165, 1.54) is 36.1 Å². The Bertz CT molecular complexity index is 800. The molecule has 0 aliphatic carbocycles. The molecule has 2 aliphatic rings. The van der Waals surface area contributed by atoms with Gasteiger partial charge in [0, 0.05) is 28.2 Å². The number of halogens is 1. The first-order chi connectivity index (χ1) is 12.7. The molecule has 0 bridgehead atoms. The molecule has 2 aliphatic heterocycles. The van der Waals surface area contributed by atoms with E-state index in [1.54, 1.807) is 0 Å².